The van der Waals surface area contributed by atoms with Crippen molar-refractivity contribution >= 4 is 29.5 Å². The first-order valence-electron chi connectivity index (χ1n) is 10.6. The van der Waals surface area contributed by atoms with Gasteiger partial charge in [-0.2, -0.15) is 4.98 Å². The average molecular weight is 473 g/mol. The zero-order valence-electron chi connectivity index (χ0n) is 19.6. The van der Waals surface area contributed by atoms with Crippen LogP contribution in [0.25, 0.3) is 11.4 Å². The number of aromatic nitrogens is 5. The molecular weight excluding hydrogens is 450 g/mol. The molecule has 0 saturated carbocycles. The van der Waals surface area contributed by atoms with Gasteiger partial charge >= 0.3 is 11.9 Å². The maximum atomic E-state index is 12.8. The number of aromatic amines is 1. The predicted molar refractivity (Wildman–Crippen MR) is 128 cm³/mol. The van der Waals surface area contributed by atoms with Gasteiger partial charge in [-0.3, -0.25) is 10.4 Å². The van der Waals surface area contributed by atoms with Crippen molar-refractivity contribution in [1.82, 2.24) is 25.1 Å². The molecule has 0 saturated heterocycles. The third-order valence-corrected chi connectivity index (χ3v) is 5.00. The number of H-pyrrole nitrogens is 1. The highest BCUT2D eigenvalue weighted by Gasteiger charge is 2.29. The summed E-state index contributed by atoms with van der Waals surface area (Å²) in [6.07, 6.45) is 6.48. The number of allylic oxidation sites excluding steroid dienone is 2. The SMILES string of the molecule is COC(=O)C1=C(C(=O)OC)N(c2ccccc2-c2nc(Nc3nc(C)cc(C)n3)n[nH]2)C=CC=C1. The lowest BCUT2D eigenvalue weighted by molar-refractivity contribution is -0.139. The number of hydrogen-bond donors (Lipinski definition) is 2. The van der Waals surface area contributed by atoms with E-state index in [4.69, 9.17) is 9.47 Å². The van der Waals surface area contributed by atoms with E-state index < -0.39 is 11.9 Å². The summed E-state index contributed by atoms with van der Waals surface area (Å²) >= 11 is 0. The molecule has 0 aliphatic carbocycles. The molecule has 2 aromatic heterocycles. The topological polar surface area (TPSA) is 135 Å². The Kier molecular flexibility index (Phi) is 6.67. The molecule has 0 amide bonds. The van der Waals surface area contributed by atoms with Crippen molar-refractivity contribution in [2.75, 3.05) is 24.4 Å². The van der Waals surface area contributed by atoms with Gasteiger partial charge in [-0.1, -0.05) is 18.2 Å². The average Bonchev–Trinajstić information content (AvgIpc) is 3.19. The number of rotatable bonds is 6. The number of methoxy groups -OCH3 is 2. The van der Waals surface area contributed by atoms with Crippen molar-refractivity contribution < 1.29 is 19.1 Å². The molecule has 0 fully saturated rings. The van der Waals surface area contributed by atoms with Crippen LogP contribution in [0.2, 0.25) is 0 Å². The second-order valence-corrected chi connectivity index (χ2v) is 7.44. The molecule has 1 aliphatic heterocycles. The molecule has 3 heterocycles. The first-order chi connectivity index (χ1) is 16.9. The number of esters is 2. The van der Waals surface area contributed by atoms with Crippen LogP contribution in [0.4, 0.5) is 17.6 Å². The number of hydrogen-bond acceptors (Lipinski definition) is 10. The predicted octanol–water partition coefficient (Wildman–Crippen LogP) is 3.11. The van der Waals surface area contributed by atoms with E-state index in [1.807, 2.05) is 32.0 Å². The Hall–Kier alpha value is -4.80. The molecule has 35 heavy (non-hydrogen) atoms. The van der Waals surface area contributed by atoms with E-state index in [0.29, 0.717) is 23.0 Å². The van der Waals surface area contributed by atoms with Crippen molar-refractivity contribution in [2.24, 2.45) is 0 Å². The van der Waals surface area contributed by atoms with Gasteiger partial charge in [-0.15, -0.1) is 5.10 Å². The second-order valence-electron chi connectivity index (χ2n) is 7.44. The number of nitrogens with one attached hydrogen (secondary N) is 2. The molecule has 2 N–H and O–H groups in total. The van der Waals surface area contributed by atoms with Crippen molar-refractivity contribution in [3.05, 3.63) is 77.4 Å². The van der Waals surface area contributed by atoms with Gasteiger partial charge in [0.1, 0.15) is 5.70 Å². The first kappa shape index (κ1) is 23.4. The molecule has 1 aliphatic rings. The summed E-state index contributed by atoms with van der Waals surface area (Å²) in [4.78, 5) is 40.0. The van der Waals surface area contributed by atoms with Crippen LogP contribution in [0.15, 0.2) is 66.0 Å². The van der Waals surface area contributed by atoms with Crippen LogP contribution in [0, 0.1) is 13.8 Å². The van der Waals surface area contributed by atoms with E-state index in [0.717, 1.165) is 11.4 Å². The Morgan fingerprint density at radius 3 is 2.37 bits per heavy atom. The summed E-state index contributed by atoms with van der Waals surface area (Å²) in [5, 5.41) is 10.1. The minimum atomic E-state index is -0.705. The molecule has 0 spiro atoms. The van der Waals surface area contributed by atoms with Gasteiger partial charge in [0.05, 0.1) is 25.5 Å². The number of anilines is 3. The van der Waals surface area contributed by atoms with E-state index >= 15 is 0 Å². The summed E-state index contributed by atoms with van der Waals surface area (Å²) in [5.74, 6) is -0.314. The summed E-state index contributed by atoms with van der Waals surface area (Å²) in [6.45, 7) is 3.75. The summed E-state index contributed by atoms with van der Waals surface area (Å²) in [5.41, 5.74) is 2.84. The largest absolute Gasteiger partial charge is 0.465 e. The molecule has 178 valence electrons. The van der Waals surface area contributed by atoms with Gasteiger partial charge in [0.15, 0.2) is 5.82 Å². The molecule has 0 unspecified atom stereocenters. The lowest BCUT2D eigenvalue weighted by Crippen LogP contribution is -2.27. The molecule has 0 bridgehead atoms. The highest BCUT2D eigenvalue weighted by Crippen LogP contribution is 2.34. The molecular formula is C24H23N7O4. The fraction of sp³-hybridized carbons (Fsp3) is 0.167. The van der Waals surface area contributed by atoms with Crippen LogP contribution in [0.5, 0.6) is 0 Å². The number of ether oxygens (including phenoxy) is 2. The van der Waals surface area contributed by atoms with Crippen molar-refractivity contribution in [1.29, 1.82) is 0 Å². The van der Waals surface area contributed by atoms with E-state index in [-0.39, 0.29) is 17.2 Å². The zero-order valence-corrected chi connectivity index (χ0v) is 19.6. The van der Waals surface area contributed by atoms with Gasteiger partial charge in [0.25, 0.3) is 0 Å². The lowest BCUT2D eigenvalue weighted by atomic mass is 10.1. The third-order valence-electron chi connectivity index (χ3n) is 5.00. The summed E-state index contributed by atoms with van der Waals surface area (Å²) in [6, 6.07) is 9.08. The van der Waals surface area contributed by atoms with Gasteiger partial charge < -0.3 is 14.4 Å². The number of benzene rings is 1. The minimum Gasteiger partial charge on any atom is -0.465 e. The lowest BCUT2D eigenvalue weighted by Gasteiger charge is -2.24. The second kappa shape index (κ2) is 10.00. The summed E-state index contributed by atoms with van der Waals surface area (Å²) < 4.78 is 9.87. The fourth-order valence-corrected chi connectivity index (χ4v) is 3.56. The number of carbonyl (C=O) groups excluding carboxylic acids is 2. The Bertz CT molecular complexity index is 1350. The molecule has 11 nitrogen and oxygen atoms in total. The number of nitrogens with zero attached hydrogens (tertiary/aromatic N) is 5. The van der Waals surface area contributed by atoms with Crippen LogP contribution in [0.1, 0.15) is 11.4 Å². The smallest absolute Gasteiger partial charge is 0.355 e. The Labute approximate surface area is 201 Å². The number of aryl methyl sites for hydroxylation is 2. The zero-order chi connectivity index (χ0) is 24.9. The first-order valence-corrected chi connectivity index (χ1v) is 10.6. The molecule has 1 aromatic carbocycles. The van der Waals surface area contributed by atoms with Crippen molar-refractivity contribution in [2.45, 2.75) is 13.8 Å². The van der Waals surface area contributed by atoms with Gasteiger partial charge in [0, 0.05) is 23.2 Å². The monoisotopic (exact) mass is 473 g/mol. The van der Waals surface area contributed by atoms with E-state index in [9.17, 15) is 9.59 Å². The Morgan fingerprint density at radius 1 is 0.943 bits per heavy atom. The van der Waals surface area contributed by atoms with E-state index in [2.05, 4.69) is 30.5 Å². The van der Waals surface area contributed by atoms with Crippen LogP contribution >= 0.6 is 0 Å². The normalized spacial score (nSPS) is 13.0. The fourth-order valence-electron chi connectivity index (χ4n) is 3.56. The quantitative estimate of drug-likeness (QED) is 0.514. The highest BCUT2D eigenvalue weighted by molar-refractivity contribution is 6.06. The number of carbonyl (C=O) groups is 2. The molecule has 4 rings (SSSR count). The van der Waals surface area contributed by atoms with E-state index in [1.54, 1.807) is 35.4 Å². The minimum absolute atomic E-state index is 0.00157. The standard InChI is InChI=1S/C24H23N7O4/c1-14-13-15(2)26-23(25-14)28-24-27-20(29-30-24)16-9-5-6-11-18(16)31-12-8-7-10-17(21(32)34-3)19(31)22(33)35-4/h5-13H,1-4H3,(H2,25,26,27,28,29,30). The van der Waals surface area contributed by atoms with Crippen LogP contribution in [-0.4, -0.2) is 51.3 Å². The van der Waals surface area contributed by atoms with Crippen molar-refractivity contribution in [3.63, 3.8) is 0 Å². The highest BCUT2D eigenvalue weighted by atomic mass is 16.5. The maximum Gasteiger partial charge on any atom is 0.355 e. The molecule has 0 atom stereocenters. The van der Waals surface area contributed by atoms with Crippen LogP contribution in [0.3, 0.4) is 0 Å². The van der Waals surface area contributed by atoms with Crippen LogP contribution in [-0.2, 0) is 19.1 Å². The van der Waals surface area contributed by atoms with Crippen LogP contribution < -0.4 is 10.2 Å². The maximum absolute atomic E-state index is 12.8. The Morgan fingerprint density at radius 2 is 1.66 bits per heavy atom. The van der Waals surface area contributed by atoms with Crippen molar-refractivity contribution in [3.8, 4) is 11.4 Å². The van der Waals surface area contributed by atoms with Gasteiger partial charge in [-0.25, -0.2) is 19.6 Å². The molecule has 11 heteroatoms. The van der Waals surface area contributed by atoms with Gasteiger partial charge in [0.2, 0.25) is 11.9 Å². The number of para-hydroxylation sites is 1. The van der Waals surface area contributed by atoms with Gasteiger partial charge in [-0.05, 0) is 44.2 Å². The third kappa shape index (κ3) is 4.93. The summed E-state index contributed by atoms with van der Waals surface area (Å²) in [7, 11) is 2.49. The van der Waals surface area contributed by atoms with E-state index in [1.165, 1.54) is 20.3 Å². The molecule has 0 radical (unpaired) electrons. The molecule has 3 aromatic rings. The Balaban J connectivity index is 1.76.